The highest BCUT2D eigenvalue weighted by Gasteiger charge is 2.21. The number of benzene rings is 1. The highest BCUT2D eigenvalue weighted by molar-refractivity contribution is 6.57. The first-order valence-corrected chi connectivity index (χ1v) is 8.45. The average molecular weight is 264 g/mol. The molecule has 0 amide bonds. The normalized spacial score (nSPS) is 12.2. The van der Waals surface area contributed by atoms with Gasteiger partial charge in [-0.2, -0.15) is 0 Å². The molecule has 0 aliphatic rings. The number of nitro groups is 1. The van der Waals surface area contributed by atoms with Crippen molar-refractivity contribution in [2.24, 2.45) is 0 Å². The molecule has 1 aromatic rings. The minimum atomic E-state index is -0.677. The quantitative estimate of drug-likeness (QED) is 0.327. The van der Waals surface area contributed by atoms with Gasteiger partial charge in [-0.3, -0.25) is 10.1 Å². The van der Waals surface area contributed by atoms with Crippen LogP contribution in [0.5, 0.6) is 5.75 Å². The number of allylic oxidation sites excluding steroid dienone is 1. The van der Waals surface area contributed by atoms with Crippen molar-refractivity contribution in [3.8, 4) is 5.75 Å². The van der Waals surface area contributed by atoms with E-state index in [1.165, 1.54) is 6.07 Å². The summed E-state index contributed by atoms with van der Waals surface area (Å²) >= 11 is 0. The fourth-order valence-electron chi connectivity index (χ4n) is 1.60. The number of ether oxygens (including phenoxy) is 1. The minimum Gasteiger partial charge on any atom is -0.488 e. The van der Waals surface area contributed by atoms with Crippen LogP contribution >= 0.6 is 0 Å². The Morgan fingerprint density at radius 3 is 2.72 bits per heavy atom. The highest BCUT2D eigenvalue weighted by atomic mass is 28.3. The molecule has 0 N–H and O–H groups in total. The monoisotopic (exact) mass is 264 g/mol. The molecule has 97 valence electrons. The molecule has 0 aliphatic carbocycles. The Morgan fingerprint density at radius 1 is 1.50 bits per heavy atom. The van der Waals surface area contributed by atoms with Crippen molar-refractivity contribution < 1.29 is 9.66 Å². The van der Waals surface area contributed by atoms with Gasteiger partial charge < -0.3 is 4.74 Å². The van der Waals surface area contributed by atoms with Gasteiger partial charge in [-0.1, -0.05) is 31.3 Å². The fraction of sp³-hybridized carbons (Fsp3) is 0.385. The Balaban J connectivity index is 2.86. The number of hydrogen-bond donors (Lipinski definition) is 0. The number of nitrogens with zero attached hydrogens (tertiary/aromatic N) is 1. The van der Waals surface area contributed by atoms with E-state index >= 15 is 0 Å². The maximum Gasteiger partial charge on any atom is 0.310 e. The molecular weight excluding hydrogens is 246 g/mol. The van der Waals surface area contributed by atoms with E-state index in [2.05, 4.69) is 19.7 Å². The van der Waals surface area contributed by atoms with Crippen LogP contribution in [0.3, 0.4) is 0 Å². The lowest BCUT2D eigenvalue weighted by molar-refractivity contribution is -0.386. The third kappa shape index (κ3) is 3.99. The SMILES string of the molecule is C=CCCC(Oc1ccccc1[N+](=O)[O-])[Si](C)C. The predicted octanol–water partition coefficient (Wildman–Crippen LogP) is 3.60. The molecule has 1 aromatic carbocycles. The van der Waals surface area contributed by atoms with Gasteiger partial charge in [0.25, 0.3) is 0 Å². The first-order chi connectivity index (χ1) is 8.56. The van der Waals surface area contributed by atoms with E-state index in [0.29, 0.717) is 5.75 Å². The molecule has 1 unspecified atom stereocenters. The van der Waals surface area contributed by atoms with Gasteiger partial charge in [0.1, 0.15) is 0 Å². The molecule has 0 saturated carbocycles. The van der Waals surface area contributed by atoms with E-state index in [-0.39, 0.29) is 11.4 Å². The van der Waals surface area contributed by atoms with Crippen LogP contribution in [0.1, 0.15) is 12.8 Å². The number of nitro benzene ring substituents is 1. The maximum absolute atomic E-state index is 10.9. The zero-order valence-corrected chi connectivity index (χ0v) is 11.8. The van der Waals surface area contributed by atoms with Crippen molar-refractivity contribution in [1.82, 2.24) is 0 Å². The molecule has 0 saturated heterocycles. The van der Waals surface area contributed by atoms with Crippen LogP contribution in [0.15, 0.2) is 36.9 Å². The number of rotatable bonds is 7. The van der Waals surface area contributed by atoms with Crippen LogP contribution < -0.4 is 4.74 Å². The maximum atomic E-state index is 10.9. The standard InChI is InChI=1S/C13H18NO3Si/c1-4-5-10-13(18(2)3)17-12-9-7-6-8-11(12)14(15)16/h4,6-9,13H,1,5,10H2,2-3H3. The minimum absolute atomic E-state index is 0.0318. The van der Waals surface area contributed by atoms with Crippen LogP contribution in [0.25, 0.3) is 0 Å². The van der Waals surface area contributed by atoms with E-state index < -0.39 is 13.7 Å². The second-order valence-electron chi connectivity index (χ2n) is 4.27. The summed E-state index contributed by atoms with van der Waals surface area (Å²) in [5.74, 6) is 0.364. The van der Waals surface area contributed by atoms with Crippen molar-refractivity contribution in [3.05, 3.63) is 47.0 Å². The topological polar surface area (TPSA) is 52.4 Å². The van der Waals surface area contributed by atoms with Crippen molar-refractivity contribution in [2.75, 3.05) is 0 Å². The van der Waals surface area contributed by atoms with Gasteiger partial charge in [0.05, 0.1) is 19.4 Å². The molecule has 0 bridgehead atoms. The second-order valence-corrected chi connectivity index (χ2v) is 7.07. The molecule has 1 rings (SSSR count). The molecule has 5 heteroatoms. The van der Waals surface area contributed by atoms with Crippen molar-refractivity contribution in [1.29, 1.82) is 0 Å². The predicted molar refractivity (Wildman–Crippen MR) is 74.4 cm³/mol. The number of hydrogen-bond acceptors (Lipinski definition) is 3. The molecule has 4 nitrogen and oxygen atoms in total. The van der Waals surface area contributed by atoms with Crippen molar-refractivity contribution >= 4 is 14.5 Å². The van der Waals surface area contributed by atoms with Gasteiger partial charge in [0.15, 0.2) is 5.75 Å². The lowest BCUT2D eigenvalue weighted by Gasteiger charge is -2.21. The Bertz CT molecular complexity index is 420. The Hall–Kier alpha value is -1.62. The third-order valence-electron chi connectivity index (χ3n) is 2.61. The van der Waals surface area contributed by atoms with E-state index in [9.17, 15) is 10.1 Å². The lowest BCUT2D eigenvalue weighted by Crippen LogP contribution is -2.30. The molecule has 0 spiro atoms. The van der Waals surface area contributed by atoms with Gasteiger partial charge in [0.2, 0.25) is 0 Å². The van der Waals surface area contributed by atoms with Crippen LogP contribution in [-0.4, -0.2) is 19.4 Å². The molecule has 0 fully saturated rings. The van der Waals surface area contributed by atoms with Crippen LogP contribution in [-0.2, 0) is 0 Å². The second kappa shape index (κ2) is 6.96. The Morgan fingerprint density at radius 2 is 2.17 bits per heavy atom. The van der Waals surface area contributed by atoms with Crippen LogP contribution in [0, 0.1) is 10.1 Å². The van der Waals surface area contributed by atoms with Gasteiger partial charge in [-0.15, -0.1) is 6.58 Å². The summed E-state index contributed by atoms with van der Waals surface area (Å²) in [5.41, 5.74) is 0.0958. The molecular formula is C13H18NO3Si. The van der Waals surface area contributed by atoms with Gasteiger partial charge >= 0.3 is 5.69 Å². The zero-order valence-electron chi connectivity index (χ0n) is 10.8. The summed E-state index contributed by atoms with van der Waals surface area (Å²) in [5, 5.41) is 10.9. The van der Waals surface area contributed by atoms with Crippen molar-refractivity contribution in [3.63, 3.8) is 0 Å². The summed E-state index contributed by atoms with van der Waals surface area (Å²) in [7, 11) is -0.677. The van der Waals surface area contributed by atoms with Gasteiger partial charge in [-0.25, -0.2) is 0 Å². The largest absolute Gasteiger partial charge is 0.488 e. The summed E-state index contributed by atoms with van der Waals surface area (Å²) in [6.07, 6.45) is 3.57. The first-order valence-electron chi connectivity index (χ1n) is 5.87. The Kier molecular flexibility index (Phi) is 5.58. The lowest BCUT2D eigenvalue weighted by atomic mass is 10.3. The molecule has 1 atom stereocenters. The third-order valence-corrected chi connectivity index (χ3v) is 4.30. The van der Waals surface area contributed by atoms with Crippen LogP contribution in [0.4, 0.5) is 5.69 Å². The first kappa shape index (κ1) is 14.4. The van der Waals surface area contributed by atoms with E-state index in [1.807, 2.05) is 6.08 Å². The molecule has 0 aliphatic heterocycles. The highest BCUT2D eigenvalue weighted by Crippen LogP contribution is 2.28. The van der Waals surface area contributed by atoms with E-state index in [0.717, 1.165) is 12.8 Å². The Labute approximate surface area is 109 Å². The zero-order chi connectivity index (χ0) is 13.5. The molecule has 0 aromatic heterocycles. The average Bonchev–Trinajstić information content (AvgIpc) is 2.34. The van der Waals surface area contributed by atoms with Crippen molar-refractivity contribution in [2.45, 2.75) is 31.7 Å². The molecule has 1 radical (unpaired) electrons. The molecule has 18 heavy (non-hydrogen) atoms. The molecule has 0 heterocycles. The van der Waals surface area contributed by atoms with Gasteiger partial charge in [-0.05, 0) is 18.9 Å². The van der Waals surface area contributed by atoms with E-state index in [4.69, 9.17) is 4.74 Å². The summed E-state index contributed by atoms with van der Waals surface area (Å²) < 4.78 is 5.83. The van der Waals surface area contributed by atoms with E-state index in [1.54, 1.807) is 18.2 Å². The smallest absolute Gasteiger partial charge is 0.310 e. The van der Waals surface area contributed by atoms with Crippen LogP contribution in [0.2, 0.25) is 13.1 Å². The summed E-state index contributed by atoms with van der Waals surface area (Å²) in [4.78, 5) is 10.5. The van der Waals surface area contributed by atoms with Gasteiger partial charge in [0, 0.05) is 6.07 Å². The summed E-state index contributed by atoms with van der Waals surface area (Å²) in [6, 6.07) is 6.53. The summed E-state index contributed by atoms with van der Waals surface area (Å²) in [6.45, 7) is 7.98. The fourth-order valence-corrected chi connectivity index (χ4v) is 2.70. The number of para-hydroxylation sites is 2.